The van der Waals surface area contributed by atoms with Crippen LogP contribution in [-0.2, 0) is 6.54 Å². The van der Waals surface area contributed by atoms with Gasteiger partial charge in [0.15, 0.2) is 5.43 Å². The Morgan fingerprint density at radius 2 is 1.85 bits per heavy atom. The summed E-state index contributed by atoms with van der Waals surface area (Å²) in [6.07, 6.45) is 0. The lowest BCUT2D eigenvalue weighted by Gasteiger charge is -2.06. The van der Waals surface area contributed by atoms with Crippen LogP contribution in [0.2, 0.25) is 0 Å². The van der Waals surface area contributed by atoms with Gasteiger partial charge in [-0.2, -0.15) is 5.10 Å². The predicted molar refractivity (Wildman–Crippen MR) is 104 cm³/mol. The topological polar surface area (TPSA) is 105 Å². The predicted octanol–water partition coefficient (Wildman–Crippen LogP) is 0.692. The second-order valence-corrected chi connectivity index (χ2v) is 6.28. The largest absolute Gasteiger partial charge is 0.398 e. The van der Waals surface area contributed by atoms with E-state index >= 15 is 0 Å². The summed E-state index contributed by atoms with van der Waals surface area (Å²) in [4.78, 5) is 12.9. The van der Waals surface area contributed by atoms with E-state index in [1.807, 2.05) is 34.8 Å². The smallest absolute Gasteiger partial charge is 0.199 e. The molecule has 0 bridgehead atoms. The molecule has 0 radical (unpaired) electrons. The third-order valence-corrected chi connectivity index (χ3v) is 4.62. The van der Waals surface area contributed by atoms with Crippen LogP contribution in [0.3, 0.4) is 0 Å². The van der Waals surface area contributed by atoms with Crippen molar-refractivity contribution in [2.45, 2.75) is 6.54 Å². The molecule has 2 aromatic carbocycles. The number of rotatable bonds is 7. The van der Waals surface area contributed by atoms with E-state index in [4.69, 9.17) is 15.9 Å². The maximum absolute atomic E-state index is 12.9. The molecular weight excluding hydrogens is 330 g/mol. The Balaban J connectivity index is 1.78. The van der Waals surface area contributed by atoms with Crippen LogP contribution < -0.4 is 21.8 Å². The summed E-state index contributed by atoms with van der Waals surface area (Å²) in [6.45, 7) is 2.82. The molecule has 26 heavy (non-hydrogen) atoms. The summed E-state index contributed by atoms with van der Waals surface area (Å²) in [5.74, 6) is 0. The first-order valence-corrected chi connectivity index (χ1v) is 8.69. The van der Waals surface area contributed by atoms with Gasteiger partial charge in [-0.1, -0.05) is 12.1 Å². The van der Waals surface area contributed by atoms with Crippen LogP contribution in [-0.4, -0.2) is 41.0 Å². The van der Waals surface area contributed by atoms with Gasteiger partial charge in [-0.05, 0) is 24.3 Å². The van der Waals surface area contributed by atoms with Crippen LogP contribution in [0.25, 0.3) is 27.2 Å². The van der Waals surface area contributed by atoms with Crippen molar-refractivity contribution in [3.05, 3.63) is 52.3 Å². The molecule has 4 rings (SSSR count). The molecule has 0 aliphatic heterocycles. The number of benzene rings is 2. The van der Waals surface area contributed by atoms with Crippen molar-refractivity contribution in [1.29, 1.82) is 0 Å². The Hall–Kier alpha value is -2.74. The van der Waals surface area contributed by atoms with E-state index in [9.17, 15) is 4.79 Å². The molecule has 134 valence electrons. The van der Waals surface area contributed by atoms with Gasteiger partial charge >= 0.3 is 0 Å². The monoisotopic (exact) mass is 351 g/mol. The molecule has 0 saturated heterocycles. The zero-order chi connectivity index (χ0) is 18.1. The summed E-state index contributed by atoms with van der Waals surface area (Å²) in [5.41, 5.74) is 9.00. The molecule has 0 aliphatic rings. The lowest BCUT2D eigenvalue weighted by molar-refractivity contribution is 0.292. The highest BCUT2D eigenvalue weighted by Crippen LogP contribution is 2.29. The number of aliphatic hydroxyl groups is 1. The van der Waals surface area contributed by atoms with E-state index in [0.29, 0.717) is 29.5 Å². The molecule has 2 heterocycles. The van der Waals surface area contributed by atoms with E-state index in [1.54, 1.807) is 6.07 Å². The fourth-order valence-corrected chi connectivity index (χ4v) is 3.40. The molecule has 0 aliphatic carbocycles. The standard InChI is InChI=1S/C19H21N5O2/c20-14-6-5-12-15(11-22-8-7-21-9-10-25)23-24-16-4-2-1-3-13(16)19(26)17(14)18(12)24/h1-6,21-22,25H,7-11,20H2. The Morgan fingerprint density at radius 1 is 1.04 bits per heavy atom. The van der Waals surface area contributed by atoms with Crippen molar-refractivity contribution in [1.82, 2.24) is 20.2 Å². The quantitative estimate of drug-likeness (QED) is 0.222. The minimum Gasteiger partial charge on any atom is -0.398 e. The zero-order valence-electron chi connectivity index (χ0n) is 14.3. The summed E-state index contributed by atoms with van der Waals surface area (Å²) in [6, 6.07) is 11.2. The van der Waals surface area contributed by atoms with E-state index in [1.165, 1.54) is 0 Å². The van der Waals surface area contributed by atoms with E-state index < -0.39 is 0 Å². The lowest BCUT2D eigenvalue weighted by atomic mass is 10.1. The number of aliphatic hydroxyl groups excluding tert-OH is 1. The van der Waals surface area contributed by atoms with Gasteiger partial charge in [-0.3, -0.25) is 4.79 Å². The second-order valence-electron chi connectivity index (χ2n) is 6.28. The Labute approximate surface area is 149 Å². The highest BCUT2D eigenvalue weighted by Gasteiger charge is 2.18. The van der Waals surface area contributed by atoms with E-state index in [0.717, 1.165) is 35.2 Å². The van der Waals surface area contributed by atoms with Crippen LogP contribution in [0, 0.1) is 0 Å². The van der Waals surface area contributed by atoms with Gasteiger partial charge in [0.05, 0.1) is 28.7 Å². The average molecular weight is 351 g/mol. The molecule has 7 nitrogen and oxygen atoms in total. The van der Waals surface area contributed by atoms with Gasteiger partial charge in [0, 0.05) is 42.6 Å². The van der Waals surface area contributed by atoms with Gasteiger partial charge in [-0.15, -0.1) is 0 Å². The number of pyridine rings is 1. The summed E-state index contributed by atoms with van der Waals surface area (Å²) >= 11 is 0. The Kier molecular flexibility index (Phi) is 4.42. The van der Waals surface area contributed by atoms with Crippen molar-refractivity contribution >= 4 is 32.9 Å². The third-order valence-electron chi connectivity index (χ3n) is 4.62. The van der Waals surface area contributed by atoms with Crippen LogP contribution in [0.1, 0.15) is 5.69 Å². The number of anilines is 1. The summed E-state index contributed by atoms with van der Waals surface area (Å²) in [7, 11) is 0. The molecule has 2 aromatic heterocycles. The molecule has 0 fully saturated rings. The molecule has 0 amide bonds. The number of para-hydroxylation sites is 1. The number of nitrogens with zero attached hydrogens (tertiary/aromatic N) is 2. The normalized spacial score (nSPS) is 11.9. The van der Waals surface area contributed by atoms with Crippen molar-refractivity contribution in [2.24, 2.45) is 0 Å². The number of hydrogen-bond acceptors (Lipinski definition) is 6. The first-order chi connectivity index (χ1) is 12.7. The number of nitrogens with two attached hydrogens (primary N) is 1. The maximum Gasteiger partial charge on any atom is 0.199 e. The van der Waals surface area contributed by atoms with Gasteiger partial charge in [-0.25, -0.2) is 4.52 Å². The van der Waals surface area contributed by atoms with E-state index in [2.05, 4.69) is 10.6 Å². The molecule has 7 heteroatoms. The number of fused-ring (bicyclic) bond motifs is 2. The van der Waals surface area contributed by atoms with E-state index in [-0.39, 0.29) is 12.0 Å². The minimum atomic E-state index is -0.0520. The van der Waals surface area contributed by atoms with Crippen LogP contribution >= 0.6 is 0 Å². The van der Waals surface area contributed by atoms with Gasteiger partial charge in [0.1, 0.15) is 0 Å². The first-order valence-electron chi connectivity index (χ1n) is 8.69. The molecule has 0 saturated carbocycles. The van der Waals surface area contributed by atoms with Gasteiger partial charge in [0.25, 0.3) is 0 Å². The van der Waals surface area contributed by atoms with Crippen molar-refractivity contribution in [3.63, 3.8) is 0 Å². The number of nitrogens with one attached hydrogen (secondary N) is 2. The van der Waals surface area contributed by atoms with Crippen LogP contribution in [0.15, 0.2) is 41.2 Å². The fourth-order valence-electron chi connectivity index (χ4n) is 3.40. The fraction of sp³-hybridized carbons (Fsp3) is 0.263. The maximum atomic E-state index is 12.9. The molecular formula is C19H21N5O2. The highest BCUT2D eigenvalue weighted by molar-refractivity contribution is 6.08. The van der Waals surface area contributed by atoms with Crippen molar-refractivity contribution in [2.75, 3.05) is 32.0 Å². The number of hydrogen-bond donors (Lipinski definition) is 4. The first kappa shape index (κ1) is 16.7. The van der Waals surface area contributed by atoms with Gasteiger partial charge in [0.2, 0.25) is 0 Å². The average Bonchev–Trinajstić information content (AvgIpc) is 3.02. The number of nitrogen functional groups attached to an aromatic ring is 1. The van der Waals surface area contributed by atoms with Gasteiger partial charge < -0.3 is 21.5 Å². The highest BCUT2D eigenvalue weighted by atomic mass is 16.3. The minimum absolute atomic E-state index is 0.0520. The van der Waals surface area contributed by atoms with Crippen LogP contribution in [0.4, 0.5) is 5.69 Å². The SMILES string of the molecule is Nc1ccc2c(CNCCNCCO)nn3c4ccccc4c(=O)c1c23. The lowest BCUT2D eigenvalue weighted by Crippen LogP contribution is -2.28. The van der Waals surface area contributed by atoms with Crippen LogP contribution in [0.5, 0.6) is 0 Å². The molecule has 4 aromatic rings. The Bertz CT molecular complexity index is 1120. The molecule has 0 spiro atoms. The molecule has 0 atom stereocenters. The van der Waals surface area contributed by atoms with Crippen molar-refractivity contribution in [3.8, 4) is 0 Å². The molecule has 5 N–H and O–H groups in total. The Morgan fingerprint density at radius 3 is 2.69 bits per heavy atom. The zero-order valence-corrected chi connectivity index (χ0v) is 14.3. The summed E-state index contributed by atoms with van der Waals surface area (Å²) < 4.78 is 1.83. The number of aromatic nitrogens is 2. The van der Waals surface area contributed by atoms with Crippen molar-refractivity contribution < 1.29 is 5.11 Å². The summed E-state index contributed by atoms with van der Waals surface area (Å²) in [5, 5.41) is 22.1. The third kappa shape index (κ3) is 2.66. The molecule has 0 unspecified atom stereocenters. The second kappa shape index (κ2) is 6.87.